The van der Waals surface area contributed by atoms with Crippen molar-refractivity contribution in [1.82, 2.24) is 29.5 Å². The summed E-state index contributed by atoms with van der Waals surface area (Å²) in [5, 5.41) is 11.7. The van der Waals surface area contributed by atoms with Crippen LogP contribution in [0, 0.1) is 5.82 Å². The first kappa shape index (κ1) is 17.0. The van der Waals surface area contributed by atoms with Crippen molar-refractivity contribution >= 4 is 22.7 Å². The molecule has 138 valence electrons. The fourth-order valence-electron chi connectivity index (χ4n) is 2.63. The predicted molar refractivity (Wildman–Crippen MR) is 92.3 cm³/mol. The van der Waals surface area contributed by atoms with Crippen LogP contribution in [0.25, 0.3) is 11.0 Å². The Morgan fingerprint density at radius 1 is 1.07 bits per heavy atom. The van der Waals surface area contributed by atoms with Gasteiger partial charge in [0.15, 0.2) is 5.65 Å². The van der Waals surface area contributed by atoms with Crippen molar-refractivity contribution in [2.24, 2.45) is 0 Å². The summed E-state index contributed by atoms with van der Waals surface area (Å²) in [5.74, 6) is -0.0608. The number of aromatic nitrogens is 6. The third-order valence-corrected chi connectivity index (χ3v) is 3.87. The number of anilines is 2. The molecule has 0 spiro atoms. The molecule has 0 amide bonds. The maximum atomic E-state index is 13.9. The fourth-order valence-corrected chi connectivity index (χ4v) is 2.63. The molecule has 0 fully saturated rings. The van der Waals surface area contributed by atoms with Crippen LogP contribution in [0.4, 0.5) is 24.8 Å². The smallest absolute Gasteiger partial charge is 0.257 e. The second kappa shape index (κ2) is 7.06. The Balaban J connectivity index is 1.58. The molecule has 0 aliphatic rings. The Kier molecular flexibility index (Phi) is 4.45. The van der Waals surface area contributed by atoms with Gasteiger partial charge in [-0.25, -0.2) is 22.8 Å². The maximum Gasteiger partial charge on any atom is 0.257 e. The van der Waals surface area contributed by atoms with Crippen LogP contribution >= 0.6 is 0 Å². The zero-order valence-electron chi connectivity index (χ0n) is 13.9. The summed E-state index contributed by atoms with van der Waals surface area (Å²) in [6.07, 6.45) is 3.54. The average Bonchev–Trinajstić information content (AvgIpc) is 3.23. The molecule has 0 bridgehead atoms. The average molecular weight is 373 g/mol. The van der Waals surface area contributed by atoms with Gasteiger partial charge in [-0.15, -0.1) is 0 Å². The second-order valence-corrected chi connectivity index (χ2v) is 5.83. The zero-order valence-corrected chi connectivity index (χ0v) is 13.9. The van der Waals surface area contributed by atoms with Gasteiger partial charge in [-0.1, -0.05) is 18.2 Å². The van der Waals surface area contributed by atoms with Crippen molar-refractivity contribution in [3.63, 3.8) is 0 Å². The van der Waals surface area contributed by atoms with Gasteiger partial charge in [0.2, 0.25) is 5.95 Å². The van der Waals surface area contributed by atoms with E-state index >= 15 is 0 Å². The Morgan fingerprint density at radius 2 is 1.93 bits per heavy atom. The standard InChI is InChI=1S/C17H14F3N7/c18-14-4-2-1-3-11(14)8-27-16-12(6-23-27)5-21-17(25-16)24-13-7-22-26(9-13)10-15(19)20/h1-7,9,15H,8,10H2,(H,21,24,25). The highest BCUT2D eigenvalue weighted by atomic mass is 19.3. The first-order valence-corrected chi connectivity index (χ1v) is 8.08. The number of benzene rings is 1. The molecular weight excluding hydrogens is 359 g/mol. The summed E-state index contributed by atoms with van der Waals surface area (Å²) in [4.78, 5) is 8.57. The van der Waals surface area contributed by atoms with Crippen LogP contribution < -0.4 is 5.32 Å². The molecule has 3 heterocycles. The normalized spacial score (nSPS) is 11.4. The molecule has 3 aromatic heterocycles. The van der Waals surface area contributed by atoms with Crippen LogP contribution in [0.15, 0.2) is 49.1 Å². The SMILES string of the molecule is Fc1ccccc1Cn1ncc2cnc(Nc3cnn(CC(F)F)c3)nc21. The summed E-state index contributed by atoms with van der Waals surface area (Å²) in [5.41, 5.74) is 1.50. The summed E-state index contributed by atoms with van der Waals surface area (Å²) < 4.78 is 41.4. The quantitative estimate of drug-likeness (QED) is 0.562. The lowest BCUT2D eigenvalue weighted by molar-refractivity contribution is 0.122. The highest BCUT2D eigenvalue weighted by Crippen LogP contribution is 2.18. The number of rotatable bonds is 6. The van der Waals surface area contributed by atoms with E-state index in [4.69, 9.17) is 0 Å². The minimum absolute atomic E-state index is 0.221. The van der Waals surface area contributed by atoms with Gasteiger partial charge in [0.05, 0.1) is 30.0 Å². The van der Waals surface area contributed by atoms with Gasteiger partial charge in [0.1, 0.15) is 12.4 Å². The molecule has 0 saturated heterocycles. The minimum atomic E-state index is -2.49. The third kappa shape index (κ3) is 3.73. The number of nitrogens with one attached hydrogen (secondary N) is 1. The Labute approximate surface area is 151 Å². The van der Waals surface area contributed by atoms with E-state index in [0.29, 0.717) is 22.3 Å². The van der Waals surface area contributed by atoms with Gasteiger partial charge >= 0.3 is 0 Å². The summed E-state index contributed by atoms with van der Waals surface area (Å²) in [7, 11) is 0. The minimum Gasteiger partial charge on any atom is -0.321 e. The highest BCUT2D eigenvalue weighted by molar-refractivity contribution is 5.75. The molecular formula is C17H14F3N7. The predicted octanol–water partition coefficient (Wildman–Crippen LogP) is 3.22. The molecule has 0 radical (unpaired) electrons. The number of hydrogen-bond donors (Lipinski definition) is 1. The topological polar surface area (TPSA) is 73.5 Å². The summed E-state index contributed by atoms with van der Waals surface area (Å²) in [6.45, 7) is -0.268. The first-order chi connectivity index (χ1) is 13.1. The molecule has 4 rings (SSSR count). The van der Waals surface area contributed by atoms with Gasteiger partial charge < -0.3 is 5.32 Å². The van der Waals surface area contributed by atoms with Crippen LogP contribution in [0.5, 0.6) is 0 Å². The molecule has 0 aliphatic carbocycles. The monoisotopic (exact) mass is 373 g/mol. The number of nitrogens with zero attached hydrogens (tertiary/aromatic N) is 6. The van der Waals surface area contributed by atoms with Crippen LogP contribution in [0.1, 0.15) is 5.56 Å². The van der Waals surface area contributed by atoms with Crippen LogP contribution in [-0.4, -0.2) is 36.0 Å². The lowest BCUT2D eigenvalue weighted by Crippen LogP contribution is -2.06. The summed E-state index contributed by atoms with van der Waals surface area (Å²) in [6, 6.07) is 6.45. The van der Waals surface area contributed by atoms with Crippen molar-refractivity contribution in [3.05, 3.63) is 60.4 Å². The van der Waals surface area contributed by atoms with E-state index < -0.39 is 13.0 Å². The lowest BCUT2D eigenvalue weighted by Gasteiger charge is -2.06. The second-order valence-electron chi connectivity index (χ2n) is 5.83. The largest absolute Gasteiger partial charge is 0.321 e. The van der Waals surface area contributed by atoms with Gasteiger partial charge in [0, 0.05) is 18.0 Å². The number of fused-ring (bicyclic) bond motifs is 1. The molecule has 1 N–H and O–H groups in total. The Morgan fingerprint density at radius 3 is 2.74 bits per heavy atom. The lowest BCUT2D eigenvalue weighted by atomic mass is 10.2. The van der Waals surface area contributed by atoms with E-state index in [0.717, 1.165) is 4.68 Å². The van der Waals surface area contributed by atoms with E-state index in [2.05, 4.69) is 25.5 Å². The molecule has 0 saturated carbocycles. The number of alkyl halides is 2. The van der Waals surface area contributed by atoms with Gasteiger partial charge in [-0.05, 0) is 6.07 Å². The van der Waals surface area contributed by atoms with Gasteiger partial charge in [-0.3, -0.25) is 4.68 Å². The van der Waals surface area contributed by atoms with E-state index in [1.54, 1.807) is 35.3 Å². The summed E-state index contributed by atoms with van der Waals surface area (Å²) >= 11 is 0. The molecule has 27 heavy (non-hydrogen) atoms. The Hall–Kier alpha value is -3.43. The third-order valence-electron chi connectivity index (χ3n) is 3.87. The van der Waals surface area contributed by atoms with Crippen molar-refractivity contribution in [3.8, 4) is 0 Å². The number of halogens is 3. The highest BCUT2D eigenvalue weighted by Gasteiger charge is 2.11. The van der Waals surface area contributed by atoms with Gasteiger partial charge in [0.25, 0.3) is 6.43 Å². The van der Waals surface area contributed by atoms with Crippen molar-refractivity contribution in [2.45, 2.75) is 19.5 Å². The molecule has 0 atom stereocenters. The molecule has 10 heteroatoms. The molecule has 1 aromatic carbocycles. The Bertz CT molecular complexity index is 1070. The van der Waals surface area contributed by atoms with Crippen molar-refractivity contribution in [1.29, 1.82) is 0 Å². The van der Waals surface area contributed by atoms with E-state index in [-0.39, 0.29) is 18.3 Å². The van der Waals surface area contributed by atoms with Crippen LogP contribution in [-0.2, 0) is 13.1 Å². The molecule has 4 aromatic rings. The van der Waals surface area contributed by atoms with E-state index in [9.17, 15) is 13.2 Å². The fraction of sp³-hybridized carbons (Fsp3) is 0.176. The van der Waals surface area contributed by atoms with Crippen LogP contribution in [0.2, 0.25) is 0 Å². The van der Waals surface area contributed by atoms with E-state index in [1.165, 1.54) is 18.5 Å². The van der Waals surface area contributed by atoms with Gasteiger partial charge in [-0.2, -0.15) is 15.2 Å². The number of hydrogen-bond acceptors (Lipinski definition) is 5. The molecule has 7 nitrogen and oxygen atoms in total. The van der Waals surface area contributed by atoms with E-state index in [1.807, 2.05) is 0 Å². The first-order valence-electron chi connectivity index (χ1n) is 8.08. The maximum absolute atomic E-state index is 13.9. The molecule has 0 unspecified atom stereocenters. The zero-order chi connectivity index (χ0) is 18.8. The van der Waals surface area contributed by atoms with Crippen molar-refractivity contribution in [2.75, 3.05) is 5.32 Å². The molecule has 0 aliphatic heterocycles. The van der Waals surface area contributed by atoms with Crippen LogP contribution in [0.3, 0.4) is 0 Å². The van der Waals surface area contributed by atoms with Crippen molar-refractivity contribution < 1.29 is 13.2 Å².